The summed E-state index contributed by atoms with van der Waals surface area (Å²) in [4.78, 5) is 30.9. The van der Waals surface area contributed by atoms with Gasteiger partial charge in [0.15, 0.2) is 5.78 Å². The van der Waals surface area contributed by atoms with Crippen LogP contribution in [0, 0.1) is 0 Å². The number of hydrogen-bond acceptors (Lipinski definition) is 8. The Bertz CT molecular complexity index is 1380. The molecule has 0 spiro atoms. The molecule has 1 atom stereocenters. The molecule has 210 valence electrons. The van der Waals surface area contributed by atoms with E-state index in [0.717, 1.165) is 69.0 Å². The number of likely N-dealkylation sites (N-methyl/N-ethyl adjacent to an activating group) is 1. The summed E-state index contributed by atoms with van der Waals surface area (Å²) >= 11 is 0. The van der Waals surface area contributed by atoms with Crippen LogP contribution >= 0.6 is 0 Å². The number of fused-ring (bicyclic) bond motifs is 3. The Kier molecular flexibility index (Phi) is 7.53. The van der Waals surface area contributed by atoms with Crippen LogP contribution in [0.25, 0.3) is 22.5 Å². The van der Waals surface area contributed by atoms with Gasteiger partial charge in [-0.1, -0.05) is 12.1 Å². The second kappa shape index (κ2) is 11.4. The van der Waals surface area contributed by atoms with Gasteiger partial charge in [0.2, 0.25) is 0 Å². The van der Waals surface area contributed by atoms with E-state index in [0.29, 0.717) is 34.8 Å². The zero-order valence-corrected chi connectivity index (χ0v) is 22.7. The standard InChI is InChI=1S/C29H35N7O4/c1-34-12-14-36(15-13-34)33-29(39)30-23-6-2-5-22-24(23)28(38)25-26(31-32-27(22)25)19-7-9-21(10-8-19)40-17-16-35-11-3-4-20(35)18-37/h2,5-10,20,37H,3-4,11-18H2,1H3,(H,31,32)(H2,30,33,39). The first-order valence-corrected chi connectivity index (χ1v) is 13.9. The van der Waals surface area contributed by atoms with Gasteiger partial charge in [0, 0.05) is 49.9 Å². The van der Waals surface area contributed by atoms with Gasteiger partial charge in [-0.05, 0) is 56.8 Å². The molecule has 2 aromatic carbocycles. The zero-order chi connectivity index (χ0) is 27.6. The topological polar surface area (TPSA) is 126 Å². The molecule has 2 fully saturated rings. The Balaban J connectivity index is 1.13. The largest absolute Gasteiger partial charge is 0.492 e. The number of likely N-dealkylation sites (tertiary alicyclic amines) is 1. The van der Waals surface area contributed by atoms with Crippen LogP contribution in [-0.2, 0) is 0 Å². The number of aromatic nitrogens is 2. The lowest BCUT2D eigenvalue weighted by Gasteiger charge is -2.32. The van der Waals surface area contributed by atoms with E-state index in [4.69, 9.17) is 4.74 Å². The number of hydrazine groups is 1. The van der Waals surface area contributed by atoms with Crippen LogP contribution < -0.4 is 15.5 Å². The maximum absolute atomic E-state index is 13.7. The highest BCUT2D eigenvalue weighted by Gasteiger charge is 2.35. The van der Waals surface area contributed by atoms with E-state index in [1.165, 1.54) is 0 Å². The third-order valence-electron chi connectivity index (χ3n) is 8.05. The number of aliphatic hydroxyl groups excluding tert-OH is 1. The van der Waals surface area contributed by atoms with E-state index in [9.17, 15) is 14.7 Å². The monoisotopic (exact) mass is 545 g/mol. The highest BCUT2D eigenvalue weighted by molar-refractivity contribution is 6.26. The molecule has 2 saturated heterocycles. The predicted octanol–water partition coefficient (Wildman–Crippen LogP) is 2.41. The van der Waals surface area contributed by atoms with Crippen molar-refractivity contribution in [3.63, 3.8) is 0 Å². The third kappa shape index (κ3) is 5.20. The Hall–Kier alpha value is -3.77. The molecule has 6 rings (SSSR count). The van der Waals surface area contributed by atoms with Crippen molar-refractivity contribution in [3.05, 3.63) is 53.6 Å². The van der Waals surface area contributed by atoms with Gasteiger partial charge >= 0.3 is 6.03 Å². The first kappa shape index (κ1) is 26.5. The minimum Gasteiger partial charge on any atom is -0.492 e. The van der Waals surface area contributed by atoms with E-state index >= 15 is 0 Å². The second-order valence-electron chi connectivity index (χ2n) is 10.6. The fraction of sp³-hybridized carbons (Fsp3) is 0.414. The van der Waals surface area contributed by atoms with Crippen LogP contribution in [0.3, 0.4) is 0 Å². The Morgan fingerprint density at radius 3 is 2.67 bits per heavy atom. The summed E-state index contributed by atoms with van der Waals surface area (Å²) < 4.78 is 5.94. The number of aliphatic hydroxyl groups is 1. The zero-order valence-electron chi connectivity index (χ0n) is 22.7. The maximum Gasteiger partial charge on any atom is 0.333 e. The number of ether oxygens (including phenoxy) is 1. The molecule has 3 aliphatic rings. The molecule has 3 heterocycles. The van der Waals surface area contributed by atoms with E-state index in [2.05, 4.69) is 37.8 Å². The van der Waals surface area contributed by atoms with Crippen molar-refractivity contribution < 1.29 is 19.4 Å². The van der Waals surface area contributed by atoms with Crippen molar-refractivity contribution in [1.82, 2.24) is 30.4 Å². The van der Waals surface area contributed by atoms with E-state index in [1.54, 1.807) is 6.07 Å². The minimum atomic E-state index is -0.369. The van der Waals surface area contributed by atoms with Gasteiger partial charge in [-0.15, -0.1) is 0 Å². The van der Waals surface area contributed by atoms with Gasteiger partial charge in [0.25, 0.3) is 0 Å². The Morgan fingerprint density at radius 1 is 1.10 bits per heavy atom. The number of aromatic amines is 1. The number of hydrogen-bond donors (Lipinski definition) is 4. The molecule has 11 nitrogen and oxygen atoms in total. The molecular formula is C29H35N7O4. The Morgan fingerprint density at radius 2 is 1.90 bits per heavy atom. The summed E-state index contributed by atoms with van der Waals surface area (Å²) in [6, 6.07) is 12.9. The molecule has 1 unspecified atom stereocenters. The molecule has 1 aromatic heterocycles. The molecule has 2 aliphatic heterocycles. The highest BCUT2D eigenvalue weighted by atomic mass is 16.5. The number of ketones is 1. The highest BCUT2D eigenvalue weighted by Crippen LogP contribution is 2.43. The van der Waals surface area contributed by atoms with Crippen LogP contribution in [0.4, 0.5) is 10.5 Å². The average molecular weight is 546 g/mol. The normalized spacial score (nSPS) is 19.4. The maximum atomic E-state index is 13.7. The van der Waals surface area contributed by atoms with Crippen LogP contribution in [0.5, 0.6) is 5.75 Å². The number of H-pyrrole nitrogens is 1. The molecule has 11 heteroatoms. The van der Waals surface area contributed by atoms with E-state index in [1.807, 2.05) is 41.4 Å². The number of anilines is 1. The lowest BCUT2D eigenvalue weighted by molar-refractivity contribution is 0.104. The molecule has 2 amide bonds. The minimum absolute atomic E-state index is 0.173. The van der Waals surface area contributed by atoms with Crippen molar-refractivity contribution in [3.8, 4) is 28.3 Å². The van der Waals surface area contributed by atoms with Crippen molar-refractivity contribution in [2.24, 2.45) is 0 Å². The number of amides is 2. The number of urea groups is 1. The van der Waals surface area contributed by atoms with Gasteiger partial charge in [-0.2, -0.15) is 5.10 Å². The van der Waals surface area contributed by atoms with E-state index < -0.39 is 0 Å². The molecular weight excluding hydrogens is 510 g/mol. The summed E-state index contributed by atoms with van der Waals surface area (Å²) in [5.41, 5.74) is 7.06. The fourth-order valence-electron chi connectivity index (χ4n) is 5.80. The number of piperazine rings is 1. The molecule has 3 aromatic rings. The molecule has 0 radical (unpaired) electrons. The van der Waals surface area contributed by atoms with Gasteiger partial charge in [0.1, 0.15) is 18.1 Å². The SMILES string of the molecule is CN1CCN(NC(=O)Nc2cccc3c2C(=O)c2c(-c4ccc(OCCN5CCCC5CO)cc4)n[nH]c2-3)CC1. The third-order valence-corrected chi connectivity index (χ3v) is 8.05. The van der Waals surface area contributed by atoms with Gasteiger partial charge in [0.05, 0.1) is 29.1 Å². The summed E-state index contributed by atoms with van der Waals surface area (Å²) in [6.07, 6.45) is 2.14. The van der Waals surface area contributed by atoms with Crippen molar-refractivity contribution >= 4 is 17.5 Å². The van der Waals surface area contributed by atoms with Crippen molar-refractivity contribution in [2.45, 2.75) is 18.9 Å². The number of carbonyl (C=O) groups is 2. The number of nitrogens with one attached hydrogen (secondary N) is 3. The fourth-order valence-corrected chi connectivity index (χ4v) is 5.80. The van der Waals surface area contributed by atoms with Crippen LogP contribution in [-0.4, -0.2) is 107 Å². The summed E-state index contributed by atoms with van der Waals surface area (Å²) in [6.45, 7) is 5.72. The average Bonchev–Trinajstić information content (AvgIpc) is 3.67. The summed E-state index contributed by atoms with van der Waals surface area (Å²) in [5, 5.41) is 21.8. The van der Waals surface area contributed by atoms with Gasteiger partial charge in [-0.3, -0.25) is 20.2 Å². The number of nitrogens with zero attached hydrogens (tertiary/aromatic N) is 4. The smallest absolute Gasteiger partial charge is 0.333 e. The van der Waals surface area contributed by atoms with Crippen LogP contribution in [0.15, 0.2) is 42.5 Å². The predicted molar refractivity (Wildman–Crippen MR) is 151 cm³/mol. The Labute approximate surface area is 233 Å². The molecule has 4 N–H and O–H groups in total. The lowest BCUT2D eigenvalue weighted by atomic mass is 10.0. The molecule has 0 bridgehead atoms. The van der Waals surface area contributed by atoms with Crippen molar-refractivity contribution in [2.75, 3.05) is 64.8 Å². The molecule has 0 saturated carbocycles. The van der Waals surface area contributed by atoms with Crippen LogP contribution in [0.2, 0.25) is 0 Å². The second-order valence-corrected chi connectivity index (χ2v) is 10.6. The number of rotatable bonds is 8. The quantitative estimate of drug-likeness (QED) is 0.266. The first-order chi connectivity index (χ1) is 19.5. The number of benzene rings is 2. The summed E-state index contributed by atoms with van der Waals surface area (Å²) in [7, 11) is 2.06. The van der Waals surface area contributed by atoms with Crippen LogP contribution in [0.1, 0.15) is 28.8 Å². The lowest BCUT2D eigenvalue weighted by Crippen LogP contribution is -2.53. The first-order valence-electron chi connectivity index (χ1n) is 13.9. The molecule has 1 aliphatic carbocycles. The van der Waals surface area contributed by atoms with E-state index in [-0.39, 0.29) is 24.5 Å². The number of carbonyl (C=O) groups excluding carboxylic acids is 2. The summed E-state index contributed by atoms with van der Waals surface area (Å²) in [5.74, 6) is 0.566. The van der Waals surface area contributed by atoms with Gasteiger partial charge in [-0.25, -0.2) is 9.80 Å². The molecule has 40 heavy (non-hydrogen) atoms. The van der Waals surface area contributed by atoms with Gasteiger partial charge < -0.3 is 20.1 Å². The van der Waals surface area contributed by atoms with Crippen molar-refractivity contribution in [1.29, 1.82) is 0 Å².